The van der Waals surface area contributed by atoms with Crippen LogP contribution in [0.5, 0.6) is 0 Å². The van der Waals surface area contributed by atoms with E-state index in [4.69, 9.17) is 9.47 Å². The molecule has 1 aromatic carbocycles. The average molecular weight is 398 g/mol. The molecule has 150 valence electrons. The Labute approximate surface area is 166 Å². The third-order valence-electron chi connectivity index (χ3n) is 6.17. The first kappa shape index (κ1) is 20.4. The van der Waals surface area contributed by atoms with Crippen LogP contribution in [-0.4, -0.2) is 25.2 Å². The molecule has 3 atom stereocenters. The zero-order chi connectivity index (χ0) is 18.1. The van der Waals surface area contributed by atoms with Gasteiger partial charge in [-0.3, -0.25) is 0 Å². The van der Waals surface area contributed by atoms with E-state index in [1.807, 2.05) is 6.92 Å². The van der Waals surface area contributed by atoms with Gasteiger partial charge in [0.25, 0.3) is 0 Å². The molecular weight excluding hydrogens is 369 g/mol. The van der Waals surface area contributed by atoms with Gasteiger partial charge in [-0.1, -0.05) is 26.2 Å². The van der Waals surface area contributed by atoms with Crippen LogP contribution in [0.15, 0.2) is 12.1 Å². The van der Waals surface area contributed by atoms with E-state index in [9.17, 15) is 9.18 Å². The van der Waals surface area contributed by atoms with Crippen LogP contribution >= 0.6 is 12.4 Å². The number of rotatable bonds is 4. The first-order chi connectivity index (χ1) is 12.7. The Morgan fingerprint density at radius 3 is 2.78 bits per heavy atom. The van der Waals surface area contributed by atoms with E-state index in [0.717, 1.165) is 18.4 Å². The molecule has 4 nitrogen and oxygen atoms in total. The van der Waals surface area contributed by atoms with Crippen LogP contribution in [0.2, 0.25) is 0 Å². The molecule has 4 rings (SSSR count). The number of nitrogens with one attached hydrogen (secondary N) is 1. The largest absolute Gasteiger partial charge is 0.462 e. The molecular formula is C21H29ClFNO3. The van der Waals surface area contributed by atoms with Gasteiger partial charge in [0, 0.05) is 24.1 Å². The molecule has 27 heavy (non-hydrogen) atoms. The molecule has 3 aliphatic rings. The van der Waals surface area contributed by atoms with Crippen molar-refractivity contribution >= 4 is 24.1 Å². The van der Waals surface area contributed by atoms with E-state index in [1.54, 1.807) is 6.07 Å². The van der Waals surface area contributed by atoms with Crippen LogP contribution in [-0.2, 0) is 9.47 Å². The highest BCUT2D eigenvalue weighted by molar-refractivity contribution is 5.90. The van der Waals surface area contributed by atoms with Crippen molar-refractivity contribution in [3.8, 4) is 0 Å². The van der Waals surface area contributed by atoms with E-state index in [0.29, 0.717) is 30.7 Å². The number of anilines is 1. The zero-order valence-corrected chi connectivity index (χ0v) is 16.7. The summed E-state index contributed by atoms with van der Waals surface area (Å²) in [7, 11) is 0. The summed E-state index contributed by atoms with van der Waals surface area (Å²) in [6.07, 6.45) is 7.87. The number of hydrogen-bond acceptors (Lipinski definition) is 4. The molecule has 0 bridgehead atoms. The van der Waals surface area contributed by atoms with Gasteiger partial charge in [-0.05, 0) is 43.7 Å². The highest BCUT2D eigenvalue weighted by Crippen LogP contribution is 2.49. The number of carbonyl (C=O) groups excluding carboxylic acids is 1. The number of fused-ring (bicyclic) bond motifs is 3. The first-order valence-electron chi connectivity index (χ1n) is 10.1. The molecule has 1 saturated carbocycles. The van der Waals surface area contributed by atoms with Crippen LogP contribution in [0.3, 0.4) is 0 Å². The lowest BCUT2D eigenvalue weighted by molar-refractivity contribution is 0.0502. The second-order valence-corrected chi connectivity index (χ2v) is 7.87. The fourth-order valence-electron chi connectivity index (χ4n) is 4.93. The van der Waals surface area contributed by atoms with Gasteiger partial charge in [0.15, 0.2) is 0 Å². The van der Waals surface area contributed by atoms with Crippen LogP contribution in [0, 0.1) is 17.7 Å². The number of carbonyl (C=O) groups is 1. The standard InChI is InChI=1S/C21H28FNO3.ClH/c1-2-9-26-21(24)14-11-16-19(17(22)12-14)23-18(13-6-4-3-5-7-13)15-8-10-25-20(15)16;/h11-13,15,18,20,23H,2-10H2,1H3;1H/t15-,18+,20-;/m0./s1. The summed E-state index contributed by atoms with van der Waals surface area (Å²) in [4.78, 5) is 12.2. The number of benzene rings is 1. The third kappa shape index (κ3) is 3.95. The zero-order valence-electron chi connectivity index (χ0n) is 15.8. The van der Waals surface area contributed by atoms with Crippen molar-refractivity contribution in [3.63, 3.8) is 0 Å². The number of ether oxygens (including phenoxy) is 2. The lowest BCUT2D eigenvalue weighted by atomic mass is 9.73. The molecule has 1 aromatic rings. The summed E-state index contributed by atoms with van der Waals surface area (Å²) in [5.74, 6) is 0.102. The summed E-state index contributed by atoms with van der Waals surface area (Å²) >= 11 is 0. The van der Waals surface area contributed by atoms with Crippen molar-refractivity contribution in [2.75, 3.05) is 18.5 Å². The maximum atomic E-state index is 14.9. The summed E-state index contributed by atoms with van der Waals surface area (Å²) in [6.45, 7) is 2.99. The monoisotopic (exact) mass is 397 g/mol. The van der Waals surface area contributed by atoms with E-state index < -0.39 is 5.97 Å². The van der Waals surface area contributed by atoms with Crippen molar-refractivity contribution in [3.05, 3.63) is 29.1 Å². The highest BCUT2D eigenvalue weighted by atomic mass is 35.5. The van der Waals surface area contributed by atoms with Gasteiger partial charge in [-0.2, -0.15) is 0 Å². The normalized spacial score (nSPS) is 27.1. The Morgan fingerprint density at radius 1 is 1.26 bits per heavy atom. The predicted molar refractivity (Wildman–Crippen MR) is 105 cm³/mol. The van der Waals surface area contributed by atoms with E-state index in [-0.39, 0.29) is 35.9 Å². The number of esters is 1. The van der Waals surface area contributed by atoms with Gasteiger partial charge in [-0.15, -0.1) is 12.4 Å². The molecule has 0 amide bonds. The van der Waals surface area contributed by atoms with Crippen LogP contribution in [0.25, 0.3) is 0 Å². The number of hydrogen-bond donors (Lipinski definition) is 1. The molecule has 2 fully saturated rings. The third-order valence-corrected chi connectivity index (χ3v) is 6.17. The van der Waals surface area contributed by atoms with Crippen molar-refractivity contribution in [2.24, 2.45) is 11.8 Å². The predicted octanol–water partition coefficient (Wildman–Crippen LogP) is 5.27. The summed E-state index contributed by atoms with van der Waals surface area (Å²) in [6, 6.07) is 3.34. The van der Waals surface area contributed by atoms with E-state index in [2.05, 4.69) is 5.32 Å². The molecule has 0 spiro atoms. The van der Waals surface area contributed by atoms with Crippen LogP contribution < -0.4 is 5.32 Å². The van der Waals surface area contributed by atoms with Crippen LogP contribution in [0.1, 0.15) is 73.9 Å². The molecule has 0 aromatic heterocycles. The van der Waals surface area contributed by atoms with Gasteiger partial charge in [0.05, 0.1) is 24.0 Å². The Hall–Kier alpha value is -1.33. The summed E-state index contributed by atoms with van der Waals surface area (Å²) in [5, 5.41) is 3.51. The molecule has 2 heterocycles. The Morgan fingerprint density at radius 2 is 2.04 bits per heavy atom. The lowest BCUT2D eigenvalue weighted by Gasteiger charge is -2.42. The van der Waals surface area contributed by atoms with Crippen molar-refractivity contribution in [1.82, 2.24) is 0 Å². The highest BCUT2D eigenvalue weighted by Gasteiger charge is 2.45. The fraction of sp³-hybridized carbons (Fsp3) is 0.667. The molecule has 0 unspecified atom stereocenters. The second-order valence-electron chi connectivity index (χ2n) is 7.87. The maximum absolute atomic E-state index is 14.9. The van der Waals surface area contributed by atoms with Gasteiger partial charge in [0.2, 0.25) is 0 Å². The quantitative estimate of drug-likeness (QED) is 0.703. The van der Waals surface area contributed by atoms with Gasteiger partial charge in [0.1, 0.15) is 5.82 Å². The molecule has 6 heteroatoms. The second kappa shape index (κ2) is 8.78. The van der Waals surface area contributed by atoms with Crippen molar-refractivity contribution in [2.45, 2.75) is 64.0 Å². The molecule has 1 saturated heterocycles. The average Bonchev–Trinajstić information content (AvgIpc) is 3.16. The van der Waals surface area contributed by atoms with Crippen molar-refractivity contribution < 1.29 is 18.7 Å². The minimum Gasteiger partial charge on any atom is -0.462 e. The van der Waals surface area contributed by atoms with Gasteiger partial charge < -0.3 is 14.8 Å². The van der Waals surface area contributed by atoms with Gasteiger partial charge >= 0.3 is 5.97 Å². The van der Waals surface area contributed by atoms with Gasteiger partial charge in [-0.25, -0.2) is 9.18 Å². The topological polar surface area (TPSA) is 47.6 Å². The minimum absolute atomic E-state index is 0. The SMILES string of the molecule is CCCOC(=O)c1cc(F)c2c(c1)[C@H]1OCC[C@H]1[C@@H](C1CCCCC1)N2.Cl. The Bertz CT molecular complexity index is 678. The molecule has 1 aliphatic carbocycles. The van der Waals surface area contributed by atoms with E-state index in [1.165, 1.54) is 38.2 Å². The molecule has 2 aliphatic heterocycles. The van der Waals surface area contributed by atoms with Crippen molar-refractivity contribution in [1.29, 1.82) is 0 Å². The fourth-order valence-corrected chi connectivity index (χ4v) is 4.93. The Balaban J connectivity index is 0.00000210. The van der Waals surface area contributed by atoms with E-state index >= 15 is 0 Å². The Kier molecular flexibility index (Phi) is 6.64. The summed E-state index contributed by atoms with van der Waals surface area (Å²) < 4.78 is 26.1. The first-order valence-corrected chi connectivity index (χ1v) is 10.1. The number of halogens is 2. The summed E-state index contributed by atoms with van der Waals surface area (Å²) in [5.41, 5.74) is 1.58. The smallest absolute Gasteiger partial charge is 0.338 e. The van der Waals surface area contributed by atoms with Crippen LogP contribution in [0.4, 0.5) is 10.1 Å². The molecule has 1 N–H and O–H groups in total. The minimum atomic E-state index is -0.461. The maximum Gasteiger partial charge on any atom is 0.338 e. The molecule has 0 radical (unpaired) electrons. The lowest BCUT2D eigenvalue weighted by Crippen LogP contribution is -2.42.